The minimum absolute atomic E-state index is 0.282. The Morgan fingerprint density at radius 1 is 1.03 bits per heavy atom. The van der Waals surface area contributed by atoms with Crippen molar-refractivity contribution in [3.05, 3.63) is 0 Å². The van der Waals surface area contributed by atoms with Gasteiger partial charge in [-0.15, -0.1) is 0 Å². The largest absolute Gasteiger partial charge is 0.459 e. The van der Waals surface area contributed by atoms with Crippen LogP contribution in [0.4, 0.5) is 0 Å². The molecule has 6 rings (SSSR count). The summed E-state index contributed by atoms with van der Waals surface area (Å²) >= 11 is 0. The number of aliphatic hydroxyl groups is 4. The minimum Gasteiger partial charge on any atom is -0.459 e. The summed E-state index contributed by atoms with van der Waals surface area (Å²) < 4.78 is 22.0. The van der Waals surface area contributed by atoms with E-state index in [-0.39, 0.29) is 6.42 Å². The van der Waals surface area contributed by atoms with Gasteiger partial charge in [-0.3, -0.25) is 9.53 Å². The highest BCUT2D eigenvalue weighted by molar-refractivity contribution is 5.94. The molecule has 11 atom stereocenters. The Bertz CT molecular complexity index is 973. The summed E-state index contributed by atoms with van der Waals surface area (Å²) in [7, 11) is 0. The summed E-state index contributed by atoms with van der Waals surface area (Å²) in [6.07, 6.45) is -6.29. The van der Waals surface area contributed by atoms with Crippen LogP contribution in [-0.4, -0.2) is 79.9 Å². The Kier molecular flexibility index (Phi) is 3.05. The van der Waals surface area contributed by atoms with Crippen molar-refractivity contribution < 1.29 is 53.8 Å². The van der Waals surface area contributed by atoms with Crippen molar-refractivity contribution >= 4 is 17.9 Å². The third kappa shape index (κ3) is 1.43. The molecule has 2 aliphatic carbocycles. The standard InChI is InChI=1S/C20H24O11/c1-6-12(23)28-7-5-16-11-8(21)9(15(2,3)4)17(16)10(22)13(24)30-20(17,27)31-19(16,14(25)29-11)18(6,7)26/h6-11,21-22,26-27H,5H2,1-4H3/t6-,7+,8-,9+,10+,11-,16+,17-,18-,19-,20-/m1/s1. The van der Waals surface area contributed by atoms with Crippen LogP contribution in [-0.2, 0) is 33.3 Å². The first-order valence-corrected chi connectivity index (χ1v) is 10.3. The SMILES string of the molecule is C[C@@H]1C(=O)O[C@H]2C[C@@]34[C@@H]5OC(=O)[C@]3(O[C@]3(O)OC(=O)[C@H](O)[C@@]34[C@H](C(C)(C)C)[C@H]5O)[C@]21O. The summed E-state index contributed by atoms with van der Waals surface area (Å²) in [5.74, 6) is -8.20. The molecular weight excluding hydrogens is 416 g/mol. The van der Waals surface area contributed by atoms with Gasteiger partial charge in [-0.25, -0.2) is 9.59 Å². The zero-order chi connectivity index (χ0) is 22.7. The topological polar surface area (TPSA) is 169 Å². The zero-order valence-electron chi connectivity index (χ0n) is 17.3. The number of ether oxygens (including phenoxy) is 4. The second kappa shape index (κ2) is 4.76. The number of hydrogen-bond acceptors (Lipinski definition) is 11. The quantitative estimate of drug-likeness (QED) is 0.242. The molecule has 4 heterocycles. The maximum Gasteiger partial charge on any atom is 0.343 e. The molecule has 2 spiro atoms. The molecular formula is C20H24O11. The fourth-order valence-corrected chi connectivity index (χ4v) is 8.30. The summed E-state index contributed by atoms with van der Waals surface area (Å²) in [6.45, 7) is 6.56. The molecule has 11 heteroatoms. The Morgan fingerprint density at radius 3 is 2.29 bits per heavy atom. The zero-order valence-corrected chi connectivity index (χ0v) is 17.3. The van der Waals surface area contributed by atoms with Crippen molar-refractivity contribution in [3.63, 3.8) is 0 Å². The number of carbonyl (C=O) groups excluding carboxylic acids is 3. The van der Waals surface area contributed by atoms with Gasteiger partial charge in [0.2, 0.25) is 5.60 Å². The van der Waals surface area contributed by atoms with E-state index in [1.54, 1.807) is 20.8 Å². The monoisotopic (exact) mass is 440 g/mol. The summed E-state index contributed by atoms with van der Waals surface area (Å²) in [4.78, 5) is 38.3. The van der Waals surface area contributed by atoms with Gasteiger partial charge >= 0.3 is 23.9 Å². The van der Waals surface area contributed by atoms with E-state index in [0.29, 0.717) is 0 Å². The molecule has 0 amide bonds. The lowest BCUT2D eigenvalue weighted by molar-refractivity contribution is -0.387. The highest BCUT2D eigenvalue weighted by Crippen LogP contribution is 2.86. The summed E-state index contributed by atoms with van der Waals surface area (Å²) in [5, 5.41) is 46.1. The molecule has 0 aromatic rings. The van der Waals surface area contributed by atoms with Gasteiger partial charge < -0.3 is 34.6 Å². The van der Waals surface area contributed by atoms with Gasteiger partial charge in [0.05, 0.1) is 17.4 Å². The van der Waals surface area contributed by atoms with E-state index in [9.17, 15) is 34.8 Å². The Morgan fingerprint density at radius 2 is 1.68 bits per heavy atom. The fourth-order valence-electron chi connectivity index (χ4n) is 8.30. The first-order valence-electron chi connectivity index (χ1n) is 10.3. The molecule has 2 saturated carbocycles. The Balaban J connectivity index is 1.75. The molecule has 170 valence electrons. The Hall–Kier alpha value is -1.79. The van der Waals surface area contributed by atoms with Gasteiger partial charge in [0.1, 0.15) is 17.6 Å². The van der Waals surface area contributed by atoms with Crippen LogP contribution in [0.5, 0.6) is 0 Å². The lowest BCUT2D eigenvalue weighted by Crippen LogP contribution is -2.66. The van der Waals surface area contributed by atoms with Crippen molar-refractivity contribution in [2.75, 3.05) is 0 Å². The van der Waals surface area contributed by atoms with Crippen molar-refractivity contribution in [1.29, 1.82) is 0 Å². The lowest BCUT2D eigenvalue weighted by Gasteiger charge is -2.47. The number of fused-ring (bicyclic) bond motifs is 1. The summed E-state index contributed by atoms with van der Waals surface area (Å²) in [6, 6.07) is 0. The number of rotatable bonds is 0. The molecule has 11 nitrogen and oxygen atoms in total. The smallest absolute Gasteiger partial charge is 0.343 e. The molecule has 0 unspecified atom stereocenters. The van der Waals surface area contributed by atoms with E-state index in [2.05, 4.69) is 0 Å². The second-order valence-corrected chi connectivity index (χ2v) is 10.9. The van der Waals surface area contributed by atoms with Crippen molar-refractivity contribution in [3.8, 4) is 0 Å². The van der Waals surface area contributed by atoms with Crippen LogP contribution in [0.1, 0.15) is 34.1 Å². The van der Waals surface area contributed by atoms with Gasteiger partial charge in [-0.2, -0.15) is 0 Å². The molecule has 4 saturated heterocycles. The average molecular weight is 440 g/mol. The molecule has 0 radical (unpaired) electrons. The maximum absolute atomic E-state index is 13.4. The van der Waals surface area contributed by atoms with Crippen LogP contribution in [0.15, 0.2) is 0 Å². The van der Waals surface area contributed by atoms with Crippen LogP contribution in [0.2, 0.25) is 0 Å². The molecule has 0 bridgehead atoms. The second-order valence-electron chi connectivity index (χ2n) is 10.9. The van der Waals surface area contributed by atoms with Gasteiger partial charge in [0.15, 0.2) is 11.7 Å². The van der Waals surface area contributed by atoms with E-state index >= 15 is 0 Å². The number of aliphatic hydroxyl groups excluding tert-OH is 2. The third-order valence-electron chi connectivity index (χ3n) is 8.99. The molecule has 4 N–H and O–H groups in total. The maximum atomic E-state index is 13.4. The predicted octanol–water partition coefficient (Wildman–Crippen LogP) is -2.05. The van der Waals surface area contributed by atoms with Gasteiger partial charge in [-0.1, -0.05) is 20.8 Å². The first kappa shape index (κ1) is 19.9. The van der Waals surface area contributed by atoms with Gasteiger partial charge in [0.25, 0.3) is 0 Å². The predicted molar refractivity (Wildman–Crippen MR) is 93.2 cm³/mol. The van der Waals surface area contributed by atoms with Crippen molar-refractivity contribution in [2.24, 2.45) is 28.1 Å². The molecule has 4 aliphatic heterocycles. The van der Waals surface area contributed by atoms with E-state index in [0.717, 1.165) is 0 Å². The number of esters is 3. The van der Waals surface area contributed by atoms with Gasteiger partial charge in [0, 0.05) is 12.3 Å². The minimum atomic E-state index is -2.84. The molecule has 0 aromatic carbocycles. The van der Waals surface area contributed by atoms with Crippen LogP contribution >= 0.6 is 0 Å². The fraction of sp³-hybridized carbons (Fsp3) is 0.850. The van der Waals surface area contributed by atoms with Crippen molar-refractivity contribution in [1.82, 2.24) is 0 Å². The van der Waals surface area contributed by atoms with E-state index in [1.807, 2.05) is 0 Å². The van der Waals surface area contributed by atoms with Crippen LogP contribution < -0.4 is 0 Å². The number of hydrogen-bond donors (Lipinski definition) is 4. The first-order chi connectivity index (χ1) is 14.2. The summed E-state index contributed by atoms with van der Waals surface area (Å²) in [5.41, 5.74) is -9.41. The average Bonchev–Trinajstić information content (AvgIpc) is 3.29. The van der Waals surface area contributed by atoms with E-state index < -0.39 is 87.6 Å². The van der Waals surface area contributed by atoms with Crippen molar-refractivity contribution in [2.45, 2.75) is 75.7 Å². The number of carbonyl (C=O) groups is 3. The molecule has 6 fully saturated rings. The van der Waals surface area contributed by atoms with Crippen LogP contribution in [0, 0.1) is 28.1 Å². The molecule has 0 aromatic heterocycles. The van der Waals surface area contributed by atoms with Crippen LogP contribution in [0.25, 0.3) is 0 Å². The lowest BCUT2D eigenvalue weighted by atomic mass is 9.51. The highest BCUT2D eigenvalue weighted by Gasteiger charge is 3.06. The van der Waals surface area contributed by atoms with Gasteiger partial charge in [-0.05, 0) is 12.3 Å². The normalized spacial score (nSPS) is 61.0. The third-order valence-corrected chi connectivity index (χ3v) is 8.99. The Labute approximate surface area is 176 Å². The van der Waals surface area contributed by atoms with Crippen LogP contribution in [0.3, 0.4) is 0 Å². The highest BCUT2D eigenvalue weighted by atomic mass is 16.9. The molecule has 6 aliphatic rings. The van der Waals surface area contributed by atoms with E-state index in [1.165, 1.54) is 6.92 Å². The van der Waals surface area contributed by atoms with E-state index in [4.69, 9.17) is 18.9 Å². The molecule has 31 heavy (non-hydrogen) atoms.